The fraction of sp³-hybridized carbons (Fsp3) is 0. The molecule has 0 atom stereocenters. The fourth-order valence-corrected chi connectivity index (χ4v) is 2.36. The van der Waals surface area contributed by atoms with Gasteiger partial charge in [0.1, 0.15) is 22.3 Å². The average molecular weight is 248 g/mol. The van der Waals surface area contributed by atoms with Crippen molar-refractivity contribution < 1.29 is 17.0 Å². The smallest absolute Gasteiger partial charge is 0.255 e. The molecule has 0 radical (unpaired) electrons. The van der Waals surface area contributed by atoms with E-state index in [1.165, 1.54) is 6.07 Å². The van der Waals surface area contributed by atoms with Gasteiger partial charge in [-0.3, -0.25) is 4.21 Å². The zero-order chi connectivity index (χ0) is 11.5. The molecule has 0 aliphatic carbocycles. The van der Waals surface area contributed by atoms with Gasteiger partial charge in [0, 0.05) is 11.5 Å². The van der Waals surface area contributed by atoms with E-state index in [-0.39, 0.29) is 0 Å². The Morgan fingerprint density at radius 2 is 2.13 bits per heavy atom. The number of halogens is 1. The van der Waals surface area contributed by atoms with Gasteiger partial charge in [-0.1, -0.05) is 6.07 Å². The molecule has 0 saturated heterocycles. The van der Waals surface area contributed by atoms with Crippen LogP contribution in [0.3, 0.4) is 0 Å². The van der Waals surface area contributed by atoms with Gasteiger partial charge in [0.2, 0.25) is 0 Å². The molecule has 0 fully saturated rings. The van der Waals surface area contributed by atoms with E-state index in [0.717, 1.165) is 18.2 Å². The van der Waals surface area contributed by atoms with Crippen LogP contribution in [-0.4, -0.2) is 12.6 Å². The highest BCUT2D eigenvalue weighted by molar-refractivity contribution is 7.93. The first kappa shape index (κ1) is 11.6. The van der Waals surface area contributed by atoms with Gasteiger partial charge in [-0.05, 0) is 12.1 Å². The largest absolute Gasteiger partial charge is 0.291 e. The lowest BCUT2D eigenvalue weighted by Crippen LogP contribution is -2.01. The lowest BCUT2D eigenvalue weighted by atomic mass is 10.2. The van der Waals surface area contributed by atoms with E-state index in [1.807, 2.05) is 0 Å². The second kappa shape index (κ2) is 4.37. The molecule has 8 heteroatoms. The quantitative estimate of drug-likeness (QED) is 0.750. The second-order valence-electron chi connectivity index (χ2n) is 2.38. The SMILES string of the molecule is N#Cc1c(F)cccc1S(=O)(=O)N=[SH2]=O. The molecule has 0 N–H and O–H groups in total. The number of sulfonamides is 1. The first-order valence-corrected chi connectivity index (χ1v) is 5.85. The molecule has 0 spiro atoms. The summed E-state index contributed by atoms with van der Waals surface area (Å²) < 4.78 is 48.5. The number of benzene rings is 1. The topological polar surface area (TPSA) is 87.4 Å². The standard InChI is InChI=1S/C7H5FN2O3S2/c8-6-2-1-3-7(5(6)4-9)15(12,13)10-14-11/h1-3H,14H2. The number of nitriles is 1. The maximum Gasteiger partial charge on any atom is 0.291 e. The summed E-state index contributed by atoms with van der Waals surface area (Å²) >= 11 is -1.42. The molecule has 5 nitrogen and oxygen atoms in total. The van der Waals surface area contributed by atoms with Crippen LogP contribution in [0.15, 0.2) is 26.9 Å². The molecule has 80 valence electrons. The molecule has 15 heavy (non-hydrogen) atoms. The predicted molar refractivity (Wildman–Crippen MR) is 51.7 cm³/mol. The average Bonchev–Trinajstić information content (AvgIpc) is 2.17. The summed E-state index contributed by atoms with van der Waals surface area (Å²) in [6, 6.07) is 4.53. The van der Waals surface area contributed by atoms with Crippen LogP contribution in [0.25, 0.3) is 0 Å². The molecule has 1 aromatic rings. The van der Waals surface area contributed by atoms with Crippen LogP contribution in [0.1, 0.15) is 5.56 Å². The summed E-state index contributed by atoms with van der Waals surface area (Å²) in [5, 5.41) is 8.56. The minimum Gasteiger partial charge on any atom is -0.255 e. The molecule has 1 rings (SSSR count). The van der Waals surface area contributed by atoms with Crippen LogP contribution >= 0.6 is 0 Å². The Kier molecular flexibility index (Phi) is 3.39. The van der Waals surface area contributed by atoms with Crippen molar-refractivity contribution in [3.05, 3.63) is 29.6 Å². The molecule has 0 unspecified atom stereocenters. The third-order valence-corrected chi connectivity index (χ3v) is 3.68. The van der Waals surface area contributed by atoms with Crippen molar-refractivity contribution in [2.75, 3.05) is 0 Å². The number of rotatable bonds is 2. The van der Waals surface area contributed by atoms with Gasteiger partial charge in [-0.25, -0.2) is 4.39 Å². The van der Waals surface area contributed by atoms with E-state index in [1.54, 1.807) is 0 Å². The lowest BCUT2D eigenvalue weighted by molar-refractivity contribution is 0.591. The fourth-order valence-electron chi connectivity index (χ4n) is 0.926. The van der Waals surface area contributed by atoms with E-state index in [0.29, 0.717) is 0 Å². The Bertz CT molecular complexity index is 585. The molecule has 0 amide bonds. The highest BCUT2D eigenvalue weighted by atomic mass is 32.2. The van der Waals surface area contributed by atoms with Gasteiger partial charge in [0.05, 0.1) is 0 Å². The summed E-state index contributed by atoms with van der Waals surface area (Å²) in [6.07, 6.45) is 0. The zero-order valence-electron chi connectivity index (χ0n) is 7.14. The van der Waals surface area contributed by atoms with E-state index in [9.17, 15) is 17.0 Å². The van der Waals surface area contributed by atoms with Crippen molar-refractivity contribution in [1.82, 2.24) is 0 Å². The molecule has 0 aliphatic rings. The molecule has 0 aromatic heterocycles. The summed E-state index contributed by atoms with van der Waals surface area (Å²) in [4.78, 5) is -0.576. The third-order valence-electron chi connectivity index (χ3n) is 1.52. The van der Waals surface area contributed by atoms with Gasteiger partial charge in [0.25, 0.3) is 10.0 Å². The Morgan fingerprint density at radius 1 is 1.47 bits per heavy atom. The minimum atomic E-state index is -4.21. The van der Waals surface area contributed by atoms with Crippen molar-refractivity contribution >= 4 is 21.5 Å². The van der Waals surface area contributed by atoms with E-state index < -0.39 is 37.8 Å². The minimum absolute atomic E-state index is 0.576. The lowest BCUT2D eigenvalue weighted by Gasteiger charge is -2.00. The molecular formula is C7H5FN2O3S2. The van der Waals surface area contributed by atoms with Crippen molar-refractivity contribution in [3.8, 4) is 6.07 Å². The monoisotopic (exact) mass is 248 g/mol. The molecule has 0 bridgehead atoms. The summed E-state index contributed by atoms with van der Waals surface area (Å²) in [5.41, 5.74) is -0.625. The molecule has 0 saturated carbocycles. The Hall–Kier alpha value is -1.46. The van der Waals surface area contributed by atoms with Gasteiger partial charge in [-0.15, -0.1) is 3.77 Å². The van der Waals surface area contributed by atoms with E-state index in [4.69, 9.17) is 5.26 Å². The first-order valence-electron chi connectivity index (χ1n) is 3.55. The Morgan fingerprint density at radius 3 is 2.67 bits per heavy atom. The molecule has 1 aromatic carbocycles. The summed E-state index contributed by atoms with van der Waals surface area (Å²) in [5.74, 6) is -0.956. The van der Waals surface area contributed by atoms with Crippen molar-refractivity contribution in [2.24, 2.45) is 3.77 Å². The maximum absolute atomic E-state index is 13.0. The number of hydrogen-bond acceptors (Lipinski definition) is 4. The number of nitrogens with zero attached hydrogens (tertiary/aromatic N) is 2. The second-order valence-corrected chi connectivity index (χ2v) is 4.69. The highest BCUT2D eigenvalue weighted by Crippen LogP contribution is 2.19. The maximum atomic E-state index is 13.0. The van der Waals surface area contributed by atoms with Crippen LogP contribution in [0.2, 0.25) is 0 Å². The van der Waals surface area contributed by atoms with Gasteiger partial charge >= 0.3 is 0 Å². The number of hydrogen-bond donors (Lipinski definition) is 0. The van der Waals surface area contributed by atoms with Gasteiger partial charge in [-0.2, -0.15) is 13.7 Å². The van der Waals surface area contributed by atoms with E-state index >= 15 is 0 Å². The van der Waals surface area contributed by atoms with Crippen molar-refractivity contribution in [2.45, 2.75) is 4.90 Å². The molecular weight excluding hydrogens is 243 g/mol. The van der Waals surface area contributed by atoms with E-state index in [2.05, 4.69) is 3.77 Å². The third kappa shape index (κ3) is 2.31. The first-order chi connectivity index (χ1) is 7.03. The summed E-state index contributed by atoms with van der Waals surface area (Å²) in [6.45, 7) is 0. The normalized spacial score (nSPS) is 11.5. The predicted octanol–water partition coefficient (Wildman–Crippen LogP) is 0.247. The van der Waals surface area contributed by atoms with Crippen molar-refractivity contribution in [3.63, 3.8) is 0 Å². The van der Waals surface area contributed by atoms with Gasteiger partial charge in [0.15, 0.2) is 0 Å². The molecule has 0 aliphatic heterocycles. The zero-order valence-corrected chi connectivity index (χ0v) is 8.95. The van der Waals surface area contributed by atoms with Crippen LogP contribution in [-0.2, 0) is 21.5 Å². The Labute approximate surface area is 88.5 Å². The van der Waals surface area contributed by atoms with Crippen molar-refractivity contribution in [1.29, 1.82) is 5.26 Å². The van der Waals surface area contributed by atoms with Crippen LogP contribution < -0.4 is 0 Å². The van der Waals surface area contributed by atoms with Gasteiger partial charge < -0.3 is 0 Å². The highest BCUT2D eigenvalue weighted by Gasteiger charge is 2.19. The Balaban J connectivity index is 3.61. The van der Waals surface area contributed by atoms with Crippen LogP contribution in [0, 0.1) is 17.1 Å². The van der Waals surface area contributed by atoms with Crippen LogP contribution in [0.5, 0.6) is 0 Å². The molecule has 0 heterocycles. The summed E-state index contributed by atoms with van der Waals surface area (Å²) in [7, 11) is -4.21. The van der Waals surface area contributed by atoms with Crippen LogP contribution in [0.4, 0.5) is 4.39 Å².